The summed E-state index contributed by atoms with van der Waals surface area (Å²) in [7, 11) is 0. The van der Waals surface area contributed by atoms with E-state index in [1.165, 1.54) is 0 Å². The Morgan fingerprint density at radius 1 is 1.29 bits per heavy atom. The molecule has 0 aliphatic rings. The van der Waals surface area contributed by atoms with Crippen molar-refractivity contribution in [3.63, 3.8) is 0 Å². The predicted molar refractivity (Wildman–Crippen MR) is 66.5 cm³/mol. The Balaban J connectivity index is 2.63. The highest BCUT2D eigenvalue weighted by Crippen LogP contribution is 2.08. The van der Waals surface area contributed by atoms with Crippen molar-refractivity contribution in [2.45, 2.75) is 6.42 Å². The zero-order valence-electron chi connectivity index (χ0n) is 9.00. The predicted octanol–water partition coefficient (Wildman–Crippen LogP) is 1.09. The molecule has 17 heavy (non-hydrogen) atoms. The summed E-state index contributed by atoms with van der Waals surface area (Å²) < 4.78 is 0. The molecule has 0 bridgehead atoms. The summed E-state index contributed by atoms with van der Waals surface area (Å²) in [5.41, 5.74) is 6.34. The van der Waals surface area contributed by atoms with Crippen LogP contribution in [0.2, 0.25) is 0 Å². The lowest BCUT2D eigenvalue weighted by Crippen LogP contribution is -2.12. The van der Waals surface area contributed by atoms with Crippen molar-refractivity contribution in [3.05, 3.63) is 29.8 Å². The van der Waals surface area contributed by atoms with Gasteiger partial charge in [-0.05, 0) is 24.3 Å². The molecular weight excluding hydrogens is 240 g/mol. The first-order valence-electron chi connectivity index (χ1n) is 4.85. The first-order chi connectivity index (χ1) is 8.11. The van der Waals surface area contributed by atoms with Gasteiger partial charge in [0.25, 0.3) is 0 Å². The summed E-state index contributed by atoms with van der Waals surface area (Å²) in [4.78, 5) is 21.4. The second-order valence-electron chi connectivity index (χ2n) is 3.20. The summed E-state index contributed by atoms with van der Waals surface area (Å²) in [5.74, 6) is 4.62. The van der Waals surface area contributed by atoms with Crippen molar-refractivity contribution < 1.29 is 9.59 Å². The summed E-state index contributed by atoms with van der Waals surface area (Å²) in [6.45, 7) is 0. The number of primary amides is 1. The summed E-state index contributed by atoms with van der Waals surface area (Å²) in [6.07, 6.45) is 0.0325. The molecule has 3 N–H and O–H groups in total. The zero-order valence-corrected chi connectivity index (χ0v) is 9.75. The fourth-order valence-electron chi connectivity index (χ4n) is 1.06. The molecule has 0 saturated carbocycles. The lowest BCUT2D eigenvalue weighted by molar-refractivity contribution is -0.117. The zero-order chi connectivity index (χ0) is 12.7. The van der Waals surface area contributed by atoms with Gasteiger partial charge in [-0.15, -0.1) is 11.6 Å². The summed E-state index contributed by atoms with van der Waals surface area (Å²) in [5, 5.41) is 2.60. The van der Waals surface area contributed by atoms with Crippen LogP contribution in [0.1, 0.15) is 12.0 Å². The second kappa shape index (κ2) is 6.56. The highest BCUT2D eigenvalue weighted by atomic mass is 35.5. The maximum absolute atomic E-state index is 11.0. The van der Waals surface area contributed by atoms with Gasteiger partial charge in [0.05, 0.1) is 6.42 Å². The summed E-state index contributed by atoms with van der Waals surface area (Å²) >= 11 is 5.35. The first-order valence-corrected chi connectivity index (χ1v) is 5.38. The fraction of sp³-hybridized carbons (Fsp3) is 0.167. The van der Waals surface area contributed by atoms with Gasteiger partial charge in [-0.3, -0.25) is 9.59 Å². The molecule has 0 aliphatic heterocycles. The van der Waals surface area contributed by atoms with Crippen molar-refractivity contribution in [2.24, 2.45) is 5.73 Å². The maximum Gasteiger partial charge on any atom is 0.239 e. The van der Waals surface area contributed by atoms with Crippen molar-refractivity contribution in [1.29, 1.82) is 0 Å². The third-order valence-corrected chi connectivity index (χ3v) is 2.03. The van der Waals surface area contributed by atoms with Gasteiger partial charge in [-0.2, -0.15) is 0 Å². The van der Waals surface area contributed by atoms with Gasteiger partial charge in [0.1, 0.15) is 5.88 Å². The molecule has 0 aromatic heterocycles. The normalized spacial score (nSPS) is 9.00. The largest absolute Gasteiger partial charge is 0.369 e. The fourth-order valence-corrected chi connectivity index (χ4v) is 1.13. The second-order valence-corrected chi connectivity index (χ2v) is 3.47. The molecule has 0 saturated heterocycles. The van der Waals surface area contributed by atoms with Gasteiger partial charge < -0.3 is 11.1 Å². The van der Waals surface area contributed by atoms with Gasteiger partial charge >= 0.3 is 0 Å². The number of hydrogen-bond acceptors (Lipinski definition) is 2. The van der Waals surface area contributed by atoms with Crippen molar-refractivity contribution in [2.75, 3.05) is 11.2 Å². The Kier molecular flexibility index (Phi) is 5.05. The number of benzene rings is 1. The van der Waals surface area contributed by atoms with Crippen LogP contribution in [0.15, 0.2) is 24.3 Å². The lowest BCUT2D eigenvalue weighted by Gasteiger charge is -2.01. The molecule has 0 atom stereocenters. The molecule has 1 aromatic rings. The van der Waals surface area contributed by atoms with Crippen LogP contribution in [-0.4, -0.2) is 17.7 Å². The Bertz CT molecular complexity index is 472. The van der Waals surface area contributed by atoms with Crippen molar-refractivity contribution >= 4 is 29.1 Å². The highest BCUT2D eigenvalue weighted by molar-refractivity contribution is 6.29. The molecule has 1 rings (SSSR count). The van der Waals surface area contributed by atoms with E-state index in [1.54, 1.807) is 24.3 Å². The quantitative estimate of drug-likeness (QED) is 0.623. The summed E-state index contributed by atoms with van der Waals surface area (Å²) in [6, 6.07) is 6.88. The number of halogens is 1. The molecule has 4 nitrogen and oxygen atoms in total. The number of anilines is 1. The van der Waals surface area contributed by atoms with Crippen molar-refractivity contribution in [3.8, 4) is 11.8 Å². The number of rotatable bonds is 3. The van der Waals surface area contributed by atoms with Crippen LogP contribution in [0, 0.1) is 11.8 Å². The molecule has 0 unspecified atom stereocenters. The topological polar surface area (TPSA) is 72.2 Å². The molecule has 2 amide bonds. The molecule has 0 fully saturated rings. The van der Waals surface area contributed by atoms with E-state index in [1.807, 2.05) is 0 Å². The average molecular weight is 251 g/mol. The minimum absolute atomic E-state index is 0.0325. The van der Waals surface area contributed by atoms with E-state index in [4.69, 9.17) is 17.3 Å². The third kappa shape index (κ3) is 5.05. The molecule has 0 spiro atoms. The Morgan fingerprint density at radius 2 is 1.94 bits per heavy atom. The SMILES string of the molecule is NC(=O)CC#Cc1ccc(NC(=O)CCl)cc1. The number of nitrogens with two attached hydrogens (primary N) is 1. The van der Waals surface area contributed by atoms with Crippen LogP contribution in [0.4, 0.5) is 5.69 Å². The molecule has 88 valence electrons. The van der Waals surface area contributed by atoms with Gasteiger partial charge in [0.2, 0.25) is 11.8 Å². The standard InChI is InChI=1S/C12H11ClN2O2/c13-8-12(17)15-10-6-4-9(5-7-10)2-1-3-11(14)16/h4-7H,3,8H2,(H2,14,16)(H,15,17). The highest BCUT2D eigenvalue weighted by Gasteiger charge is 1.98. The van der Waals surface area contributed by atoms with Crippen LogP contribution in [0.25, 0.3) is 0 Å². The van der Waals surface area contributed by atoms with Crippen LogP contribution < -0.4 is 11.1 Å². The Labute approximate surface area is 104 Å². The van der Waals surface area contributed by atoms with E-state index in [0.717, 1.165) is 5.56 Å². The first kappa shape index (κ1) is 13.1. The van der Waals surface area contributed by atoms with Crippen LogP contribution in [0.3, 0.4) is 0 Å². The molecule has 0 heterocycles. The van der Waals surface area contributed by atoms with Gasteiger partial charge in [-0.25, -0.2) is 0 Å². The van der Waals surface area contributed by atoms with E-state index >= 15 is 0 Å². The van der Waals surface area contributed by atoms with E-state index in [-0.39, 0.29) is 18.2 Å². The monoisotopic (exact) mass is 250 g/mol. The number of hydrogen-bond donors (Lipinski definition) is 2. The van der Waals surface area contributed by atoms with Gasteiger partial charge in [-0.1, -0.05) is 11.8 Å². The van der Waals surface area contributed by atoms with Crippen LogP contribution in [0.5, 0.6) is 0 Å². The van der Waals surface area contributed by atoms with Crippen LogP contribution >= 0.6 is 11.6 Å². The molecule has 5 heteroatoms. The van der Waals surface area contributed by atoms with Crippen LogP contribution in [-0.2, 0) is 9.59 Å². The van der Waals surface area contributed by atoms with Crippen molar-refractivity contribution in [1.82, 2.24) is 0 Å². The number of carbonyl (C=O) groups excluding carboxylic acids is 2. The number of nitrogens with one attached hydrogen (secondary N) is 1. The molecular formula is C12H11ClN2O2. The van der Waals surface area contributed by atoms with Gasteiger partial charge in [0.15, 0.2) is 0 Å². The third-order valence-electron chi connectivity index (χ3n) is 1.79. The van der Waals surface area contributed by atoms with E-state index in [0.29, 0.717) is 5.69 Å². The molecule has 0 aliphatic carbocycles. The minimum Gasteiger partial charge on any atom is -0.369 e. The molecule has 0 radical (unpaired) electrons. The maximum atomic E-state index is 11.0. The smallest absolute Gasteiger partial charge is 0.239 e. The Morgan fingerprint density at radius 3 is 2.47 bits per heavy atom. The number of carbonyl (C=O) groups is 2. The number of amides is 2. The number of alkyl halides is 1. The lowest BCUT2D eigenvalue weighted by atomic mass is 10.2. The Hall–Kier alpha value is -1.99. The average Bonchev–Trinajstić information content (AvgIpc) is 2.31. The minimum atomic E-state index is -0.455. The van der Waals surface area contributed by atoms with E-state index < -0.39 is 5.91 Å². The molecule has 1 aromatic carbocycles. The van der Waals surface area contributed by atoms with E-state index in [9.17, 15) is 9.59 Å². The van der Waals surface area contributed by atoms with Gasteiger partial charge in [0, 0.05) is 11.3 Å². The van der Waals surface area contributed by atoms with E-state index in [2.05, 4.69) is 17.2 Å².